The molecule has 0 spiro atoms. The van der Waals surface area contributed by atoms with Gasteiger partial charge < -0.3 is 25.0 Å². The lowest BCUT2D eigenvalue weighted by molar-refractivity contribution is 0.0148. The van der Waals surface area contributed by atoms with Crippen LogP contribution in [0.25, 0.3) is 6.08 Å². The fraction of sp³-hybridized carbons (Fsp3) is 0.481. The highest BCUT2D eigenvalue weighted by Gasteiger charge is 2.32. The number of ether oxygens (including phenoxy) is 2. The van der Waals surface area contributed by atoms with Gasteiger partial charge in [0.25, 0.3) is 0 Å². The Balaban J connectivity index is 1.15. The van der Waals surface area contributed by atoms with Crippen LogP contribution in [0.1, 0.15) is 50.5 Å². The van der Waals surface area contributed by atoms with E-state index in [1.54, 1.807) is 0 Å². The molecule has 3 rings (SSSR count). The number of aliphatic hydroxyl groups excluding tert-OH is 2. The Morgan fingerprint density at radius 3 is 2.25 bits per heavy atom. The summed E-state index contributed by atoms with van der Waals surface area (Å²) >= 11 is 0. The van der Waals surface area contributed by atoms with Gasteiger partial charge in [-0.25, -0.2) is 0 Å². The van der Waals surface area contributed by atoms with Crippen LogP contribution in [0.4, 0.5) is 0 Å². The Bertz CT molecular complexity index is 778. The van der Waals surface area contributed by atoms with E-state index in [1.807, 2.05) is 42.5 Å². The highest BCUT2D eigenvalue weighted by atomic mass is 16.5. The van der Waals surface area contributed by atoms with Crippen LogP contribution in [0.2, 0.25) is 0 Å². The van der Waals surface area contributed by atoms with Gasteiger partial charge in [-0.1, -0.05) is 68.2 Å². The highest BCUT2D eigenvalue weighted by Crippen LogP contribution is 2.21. The third-order valence-electron chi connectivity index (χ3n) is 5.77. The Morgan fingerprint density at radius 2 is 1.53 bits per heavy atom. The van der Waals surface area contributed by atoms with Crippen molar-refractivity contribution < 1.29 is 19.7 Å². The molecule has 0 aliphatic carbocycles. The van der Waals surface area contributed by atoms with E-state index in [4.69, 9.17) is 9.47 Å². The number of allylic oxidation sites excluding steroid dienone is 1. The summed E-state index contributed by atoms with van der Waals surface area (Å²) in [6, 6.07) is 17.9. The van der Waals surface area contributed by atoms with Gasteiger partial charge in [0.05, 0.1) is 24.9 Å². The molecule has 1 heterocycles. The molecule has 0 aromatic heterocycles. The van der Waals surface area contributed by atoms with Crippen LogP contribution in [-0.4, -0.2) is 48.2 Å². The number of unbranched alkanes of at least 4 members (excludes halogenated alkanes) is 6. The number of benzene rings is 2. The molecular weight excluding hydrogens is 402 g/mol. The van der Waals surface area contributed by atoms with Crippen LogP contribution in [0.5, 0.6) is 11.5 Å². The van der Waals surface area contributed by atoms with E-state index in [0.717, 1.165) is 30.9 Å². The third-order valence-corrected chi connectivity index (χ3v) is 5.77. The molecule has 174 valence electrons. The van der Waals surface area contributed by atoms with Crippen LogP contribution >= 0.6 is 0 Å². The van der Waals surface area contributed by atoms with Crippen molar-refractivity contribution >= 4 is 6.08 Å². The topological polar surface area (TPSA) is 71.0 Å². The fourth-order valence-electron chi connectivity index (χ4n) is 3.81. The van der Waals surface area contributed by atoms with Gasteiger partial charge >= 0.3 is 0 Å². The summed E-state index contributed by atoms with van der Waals surface area (Å²) < 4.78 is 11.4. The maximum atomic E-state index is 9.74. The van der Waals surface area contributed by atoms with E-state index in [9.17, 15) is 10.2 Å². The maximum absolute atomic E-state index is 9.74. The predicted octanol–water partition coefficient (Wildman–Crippen LogP) is 4.93. The zero-order chi connectivity index (χ0) is 22.4. The van der Waals surface area contributed by atoms with E-state index in [1.165, 1.54) is 37.7 Å². The van der Waals surface area contributed by atoms with Crippen molar-refractivity contribution in [3.05, 3.63) is 66.2 Å². The maximum Gasteiger partial charge on any atom is 0.127 e. The minimum atomic E-state index is -0.711. The summed E-state index contributed by atoms with van der Waals surface area (Å²) in [5.74, 6) is 1.70. The Labute approximate surface area is 192 Å². The van der Waals surface area contributed by atoms with Crippen molar-refractivity contribution in [2.75, 3.05) is 19.8 Å². The minimum absolute atomic E-state index is 0.140. The number of aliphatic hydroxyl groups is 2. The van der Waals surface area contributed by atoms with E-state index >= 15 is 0 Å². The molecule has 32 heavy (non-hydrogen) atoms. The molecule has 5 heteroatoms. The average molecular weight is 440 g/mol. The number of nitrogens with one attached hydrogen (secondary N) is 1. The lowest BCUT2D eigenvalue weighted by atomic mass is 10.1. The lowest BCUT2D eigenvalue weighted by Gasteiger charge is -2.15. The van der Waals surface area contributed by atoms with Gasteiger partial charge in [-0.15, -0.1) is 0 Å². The smallest absolute Gasteiger partial charge is 0.127 e. The lowest BCUT2D eigenvalue weighted by Crippen LogP contribution is -2.37. The van der Waals surface area contributed by atoms with Crippen LogP contribution in [0.3, 0.4) is 0 Å². The van der Waals surface area contributed by atoms with E-state index in [2.05, 4.69) is 29.6 Å². The number of hydrogen-bond acceptors (Lipinski definition) is 5. The molecule has 0 radical (unpaired) electrons. The van der Waals surface area contributed by atoms with E-state index < -0.39 is 12.2 Å². The summed E-state index contributed by atoms with van der Waals surface area (Å²) in [5, 5.41) is 22.3. The molecule has 3 N–H and O–H groups in total. The number of β-amino-alcohol motifs (C(OH)–C–C–N with tert-alkyl or cyclic N) is 1. The van der Waals surface area contributed by atoms with Crippen molar-refractivity contribution in [2.45, 2.75) is 63.2 Å². The Kier molecular flexibility index (Phi) is 10.8. The molecule has 3 atom stereocenters. The largest absolute Gasteiger partial charge is 0.457 e. The van der Waals surface area contributed by atoms with Gasteiger partial charge in [0, 0.05) is 13.2 Å². The molecule has 1 aliphatic rings. The first-order chi connectivity index (χ1) is 15.7. The second-order valence-corrected chi connectivity index (χ2v) is 8.44. The molecular formula is C27H37NO4. The third kappa shape index (κ3) is 8.75. The monoisotopic (exact) mass is 439 g/mol. The SMILES string of the molecule is O[C@H]1[C@@H](O)CN[C@@H]1COCCCCCCCC/C=C/c1ccc(Oc2ccccc2)cc1. The van der Waals surface area contributed by atoms with Crippen molar-refractivity contribution in [3.8, 4) is 11.5 Å². The van der Waals surface area contributed by atoms with Gasteiger partial charge in [-0.2, -0.15) is 0 Å². The first-order valence-corrected chi connectivity index (χ1v) is 11.9. The normalized spacial score (nSPS) is 20.8. The van der Waals surface area contributed by atoms with Crippen molar-refractivity contribution in [1.82, 2.24) is 5.32 Å². The zero-order valence-corrected chi connectivity index (χ0v) is 18.9. The van der Waals surface area contributed by atoms with Crippen molar-refractivity contribution in [2.24, 2.45) is 0 Å². The zero-order valence-electron chi connectivity index (χ0n) is 18.9. The second-order valence-electron chi connectivity index (χ2n) is 8.44. The molecule has 0 unspecified atom stereocenters. The molecule has 0 amide bonds. The molecule has 0 bridgehead atoms. The van der Waals surface area contributed by atoms with E-state index in [0.29, 0.717) is 13.2 Å². The van der Waals surface area contributed by atoms with Crippen molar-refractivity contribution in [3.63, 3.8) is 0 Å². The summed E-state index contributed by atoms with van der Waals surface area (Å²) in [6.07, 6.45) is 11.4. The summed E-state index contributed by atoms with van der Waals surface area (Å²) in [6.45, 7) is 1.63. The minimum Gasteiger partial charge on any atom is -0.457 e. The van der Waals surface area contributed by atoms with Gasteiger partial charge in [0.1, 0.15) is 11.5 Å². The summed E-state index contributed by atoms with van der Waals surface area (Å²) in [7, 11) is 0. The van der Waals surface area contributed by atoms with Crippen LogP contribution < -0.4 is 10.1 Å². The number of para-hydroxylation sites is 1. The van der Waals surface area contributed by atoms with Gasteiger partial charge in [-0.3, -0.25) is 0 Å². The molecule has 2 aromatic rings. The molecule has 5 nitrogen and oxygen atoms in total. The first kappa shape index (κ1) is 24.5. The molecule has 1 aliphatic heterocycles. The number of rotatable bonds is 14. The van der Waals surface area contributed by atoms with Gasteiger partial charge in [0.15, 0.2) is 0 Å². The Hall–Kier alpha value is -2.18. The predicted molar refractivity (Wildman–Crippen MR) is 129 cm³/mol. The first-order valence-electron chi connectivity index (χ1n) is 11.9. The average Bonchev–Trinajstić information content (AvgIpc) is 3.14. The van der Waals surface area contributed by atoms with Crippen molar-refractivity contribution in [1.29, 1.82) is 0 Å². The summed E-state index contributed by atoms with van der Waals surface area (Å²) in [4.78, 5) is 0. The van der Waals surface area contributed by atoms with Crippen LogP contribution in [-0.2, 0) is 4.74 Å². The molecule has 2 aromatic carbocycles. The van der Waals surface area contributed by atoms with Gasteiger partial charge in [-0.05, 0) is 49.1 Å². The number of hydrogen-bond donors (Lipinski definition) is 3. The summed E-state index contributed by atoms with van der Waals surface area (Å²) in [5.41, 5.74) is 1.19. The quantitative estimate of drug-likeness (QED) is 0.364. The van der Waals surface area contributed by atoms with Crippen LogP contribution in [0, 0.1) is 0 Å². The van der Waals surface area contributed by atoms with Gasteiger partial charge in [0.2, 0.25) is 0 Å². The van der Waals surface area contributed by atoms with E-state index in [-0.39, 0.29) is 6.04 Å². The second kappa shape index (κ2) is 14.1. The standard InChI is InChI=1S/C27H37NO4/c29-26-20-28-25(27(26)30)21-31-19-11-6-4-2-1-3-5-8-12-22-15-17-24(18-16-22)32-23-13-9-7-10-14-23/h7-10,12-18,25-30H,1-6,11,19-21H2/b12-8+/t25-,26+,27-/m1/s1. The fourth-order valence-corrected chi connectivity index (χ4v) is 3.81. The molecule has 1 saturated heterocycles. The Morgan fingerprint density at radius 1 is 0.844 bits per heavy atom. The molecule has 0 saturated carbocycles. The van der Waals surface area contributed by atoms with Crippen LogP contribution in [0.15, 0.2) is 60.7 Å². The highest BCUT2D eigenvalue weighted by molar-refractivity contribution is 5.50. The molecule has 1 fully saturated rings.